The zero-order chi connectivity index (χ0) is 22.1. The van der Waals surface area contributed by atoms with Crippen LogP contribution in [0.4, 0.5) is 5.69 Å². The summed E-state index contributed by atoms with van der Waals surface area (Å²) in [5, 5.41) is 0. The van der Waals surface area contributed by atoms with Gasteiger partial charge in [-0.3, -0.25) is 9.79 Å². The van der Waals surface area contributed by atoms with Crippen molar-refractivity contribution in [3.05, 3.63) is 64.9 Å². The third-order valence-electron chi connectivity index (χ3n) is 5.83. The normalized spacial score (nSPS) is 20.1. The number of allylic oxidation sites excluding steroid dienone is 6. The minimum atomic E-state index is -0.0922. The molecule has 1 unspecified atom stereocenters. The van der Waals surface area contributed by atoms with Crippen molar-refractivity contribution in [3.63, 3.8) is 0 Å². The summed E-state index contributed by atoms with van der Waals surface area (Å²) < 4.78 is 11.3. The van der Waals surface area contributed by atoms with Crippen molar-refractivity contribution in [2.75, 3.05) is 7.11 Å². The summed E-state index contributed by atoms with van der Waals surface area (Å²) in [4.78, 5) is 19.9. The number of hydrogen-bond acceptors (Lipinski definition) is 4. The first-order valence-electron chi connectivity index (χ1n) is 10.9. The second-order valence-corrected chi connectivity index (χ2v) is 8.72. The molecule has 0 spiro atoms. The number of nitrogens with zero attached hydrogens (tertiary/aromatic N) is 2. The Morgan fingerprint density at radius 2 is 1.97 bits per heavy atom. The number of aliphatic imine (C=N–C) groups is 1. The van der Waals surface area contributed by atoms with Gasteiger partial charge in [0.15, 0.2) is 11.5 Å². The van der Waals surface area contributed by atoms with Crippen LogP contribution in [-0.4, -0.2) is 36.3 Å². The lowest BCUT2D eigenvalue weighted by atomic mass is 9.98. The fourth-order valence-corrected chi connectivity index (χ4v) is 4.11. The molecular weight excluding hydrogens is 388 g/mol. The van der Waals surface area contributed by atoms with Crippen LogP contribution < -0.4 is 9.47 Å². The van der Waals surface area contributed by atoms with Gasteiger partial charge < -0.3 is 14.4 Å². The van der Waals surface area contributed by atoms with E-state index in [-0.39, 0.29) is 18.1 Å². The molecule has 162 valence electrons. The van der Waals surface area contributed by atoms with Gasteiger partial charge in [-0.05, 0) is 43.4 Å². The summed E-state index contributed by atoms with van der Waals surface area (Å²) >= 11 is 0. The molecule has 31 heavy (non-hydrogen) atoms. The van der Waals surface area contributed by atoms with Crippen LogP contribution in [0.25, 0.3) is 0 Å². The Morgan fingerprint density at radius 1 is 1.16 bits per heavy atom. The first kappa shape index (κ1) is 21.2. The molecule has 0 N–H and O–H groups in total. The van der Waals surface area contributed by atoms with Crippen molar-refractivity contribution in [1.82, 2.24) is 4.90 Å². The van der Waals surface area contributed by atoms with E-state index < -0.39 is 0 Å². The first-order chi connectivity index (χ1) is 14.9. The molecule has 2 aliphatic heterocycles. The van der Waals surface area contributed by atoms with E-state index in [1.807, 2.05) is 26.3 Å². The van der Waals surface area contributed by atoms with Crippen molar-refractivity contribution in [2.45, 2.75) is 52.7 Å². The van der Waals surface area contributed by atoms with Crippen LogP contribution in [0, 0.1) is 5.92 Å². The second-order valence-electron chi connectivity index (χ2n) is 8.72. The van der Waals surface area contributed by atoms with E-state index in [1.54, 1.807) is 24.1 Å². The van der Waals surface area contributed by atoms with Crippen LogP contribution in [0.15, 0.2) is 64.3 Å². The Labute approximate surface area is 184 Å². The van der Waals surface area contributed by atoms with Gasteiger partial charge in [0.05, 0.1) is 30.5 Å². The highest BCUT2D eigenvalue weighted by molar-refractivity contribution is 6.04. The van der Waals surface area contributed by atoms with Crippen molar-refractivity contribution >= 4 is 17.8 Å². The molecule has 0 bridgehead atoms. The smallest absolute Gasteiger partial charge is 0.260 e. The van der Waals surface area contributed by atoms with Crippen molar-refractivity contribution in [1.29, 1.82) is 0 Å². The van der Waals surface area contributed by atoms with Crippen LogP contribution >= 0.6 is 0 Å². The van der Waals surface area contributed by atoms with Crippen LogP contribution in [0.3, 0.4) is 0 Å². The van der Waals surface area contributed by atoms with E-state index >= 15 is 0 Å². The molecule has 5 nitrogen and oxygen atoms in total. The third kappa shape index (κ3) is 4.22. The van der Waals surface area contributed by atoms with E-state index in [2.05, 4.69) is 43.1 Å². The molecule has 2 heterocycles. The molecule has 5 heteroatoms. The van der Waals surface area contributed by atoms with E-state index in [4.69, 9.17) is 9.47 Å². The van der Waals surface area contributed by atoms with Gasteiger partial charge in [-0.25, -0.2) is 0 Å². The highest BCUT2D eigenvalue weighted by atomic mass is 16.5. The molecular formula is C26H30N2O3. The van der Waals surface area contributed by atoms with E-state index in [1.165, 1.54) is 11.1 Å². The molecule has 0 fully saturated rings. The molecule has 1 aromatic carbocycles. The number of carbonyl (C=O) groups excluding carboxylic acids is 1. The minimum absolute atomic E-state index is 0.00219. The number of amides is 1. The number of hydrogen-bond donors (Lipinski definition) is 0. The van der Waals surface area contributed by atoms with Crippen molar-refractivity contribution in [2.24, 2.45) is 10.9 Å². The maximum absolute atomic E-state index is 13.4. The zero-order valence-corrected chi connectivity index (χ0v) is 18.9. The minimum Gasteiger partial charge on any atom is -0.493 e. The fourth-order valence-electron chi connectivity index (χ4n) is 4.11. The molecule has 0 radical (unpaired) electrons. The Hall–Kier alpha value is -3.08. The molecule has 0 aromatic heterocycles. The molecule has 3 aliphatic rings. The van der Waals surface area contributed by atoms with E-state index in [0.29, 0.717) is 28.7 Å². The number of methoxy groups -OCH3 is 1. The topological polar surface area (TPSA) is 51.1 Å². The summed E-state index contributed by atoms with van der Waals surface area (Å²) in [5.74, 6) is 1.60. The van der Waals surface area contributed by atoms with Gasteiger partial charge in [0.2, 0.25) is 0 Å². The van der Waals surface area contributed by atoms with Crippen LogP contribution in [-0.2, 0) is 0 Å². The summed E-state index contributed by atoms with van der Waals surface area (Å²) in [5.41, 5.74) is 4.90. The highest BCUT2D eigenvalue weighted by Gasteiger charge is 2.33. The standard InChI is InChI=1S/C26H30N2O3/c1-16(2)18-7-6-8-19(10-9-18)20-11-21-14-27-23-13-25(31-17(3)4)24(30-5)12-22(23)26(29)28(21)15-20/h6-8,10,12-17,21H,9,11H2,1-5H3. The van der Waals surface area contributed by atoms with Gasteiger partial charge in [-0.2, -0.15) is 0 Å². The van der Waals surface area contributed by atoms with E-state index in [9.17, 15) is 4.79 Å². The van der Waals surface area contributed by atoms with Gasteiger partial charge in [0.1, 0.15) is 0 Å². The predicted molar refractivity (Wildman–Crippen MR) is 124 cm³/mol. The zero-order valence-electron chi connectivity index (χ0n) is 18.9. The van der Waals surface area contributed by atoms with Crippen molar-refractivity contribution in [3.8, 4) is 11.5 Å². The summed E-state index contributed by atoms with van der Waals surface area (Å²) in [6.45, 7) is 8.35. The lowest BCUT2D eigenvalue weighted by Crippen LogP contribution is -2.32. The molecule has 1 atom stereocenters. The first-order valence-corrected chi connectivity index (χ1v) is 10.9. The Balaban J connectivity index is 1.64. The average Bonchev–Trinajstić information content (AvgIpc) is 2.92. The Kier molecular flexibility index (Phi) is 5.86. The number of ether oxygens (including phenoxy) is 2. The van der Waals surface area contributed by atoms with Crippen LogP contribution in [0.1, 0.15) is 50.9 Å². The molecule has 4 rings (SSSR count). The van der Waals surface area contributed by atoms with E-state index in [0.717, 1.165) is 18.4 Å². The number of fused-ring (bicyclic) bond motifs is 2. The number of rotatable bonds is 5. The predicted octanol–water partition coefficient (Wildman–Crippen LogP) is 5.77. The maximum Gasteiger partial charge on any atom is 0.260 e. The maximum atomic E-state index is 13.4. The quantitative estimate of drug-likeness (QED) is 0.610. The molecule has 0 saturated heterocycles. The molecule has 1 aliphatic carbocycles. The van der Waals surface area contributed by atoms with Gasteiger partial charge in [0, 0.05) is 24.9 Å². The monoisotopic (exact) mass is 418 g/mol. The van der Waals surface area contributed by atoms with Gasteiger partial charge in [0.25, 0.3) is 5.91 Å². The van der Waals surface area contributed by atoms with Gasteiger partial charge in [-0.1, -0.05) is 43.7 Å². The Morgan fingerprint density at radius 3 is 2.68 bits per heavy atom. The number of benzene rings is 1. The highest BCUT2D eigenvalue weighted by Crippen LogP contribution is 2.40. The number of carbonyl (C=O) groups is 1. The molecule has 1 aromatic rings. The van der Waals surface area contributed by atoms with Crippen molar-refractivity contribution < 1.29 is 14.3 Å². The lowest BCUT2D eigenvalue weighted by Gasteiger charge is -2.19. The largest absolute Gasteiger partial charge is 0.493 e. The Bertz CT molecular complexity index is 1040. The molecule has 1 amide bonds. The summed E-state index contributed by atoms with van der Waals surface area (Å²) in [6.07, 6.45) is 14.3. The van der Waals surface area contributed by atoms with Crippen LogP contribution in [0.2, 0.25) is 0 Å². The summed E-state index contributed by atoms with van der Waals surface area (Å²) in [7, 11) is 1.58. The second kappa shape index (κ2) is 8.58. The molecule has 0 saturated carbocycles. The SMILES string of the molecule is COc1cc2c(cc1OC(C)C)N=CC1CC(C3=CCC(C(C)C)=CC=C3)=CN1C2=O. The average molecular weight is 419 g/mol. The van der Waals surface area contributed by atoms with Gasteiger partial charge >= 0.3 is 0 Å². The lowest BCUT2D eigenvalue weighted by molar-refractivity contribution is 0.0817. The van der Waals surface area contributed by atoms with Gasteiger partial charge in [-0.15, -0.1) is 0 Å². The summed E-state index contributed by atoms with van der Waals surface area (Å²) in [6, 6.07) is 3.45. The third-order valence-corrected chi connectivity index (χ3v) is 5.83. The fraction of sp³-hybridized carbons (Fsp3) is 0.385. The van der Waals surface area contributed by atoms with Crippen LogP contribution in [0.5, 0.6) is 11.5 Å².